The molecule has 0 bridgehead atoms. The first-order valence-corrected chi connectivity index (χ1v) is 9.28. The molecule has 2 aromatic heterocycles. The Hall–Kier alpha value is -2.25. The predicted octanol–water partition coefficient (Wildman–Crippen LogP) is 2.41. The first-order valence-electron chi connectivity index (χ1n) is 7.84. The molecule has 6 nitrogen and oxygen atoms in total. The Balaban J connectivity index is 1.74. The van der Waals surface area contributed by atoms with E-state index in [0.717, 1.165) is 23.1 Å². The van der Waals surface area contributed by atoms with Crippen LogP contribution in [0, 0.1) is 6.92 Å². The van der Waals surface area contributed by atoms with Gasteiger partial charge in [-0.2, -0.15) is 9.40 Å². The van der Waals surface area contributed by atoms with Crippen molar-refractivity contribution >= 4 is 21.1 Å². The average molecular weight is 342 g/mol. The molecular weight excluding hydrogens is 324 g/mol. The fourth-order valence-corrected chi connectivity index (χ4v) is 4.86. The average Bonchev–Trinajstić information content (AvgIpc) is 2.81. The molecule has 3 heterocycles. The van der Waals surface area contributed by atoms with Crippen LogP contribution in [0.3, 0.4) is 0 Å². The normalized spacial score (nSPS) is 18.7. The number of rotatable bonds is 3. The van der Waals surface area contributed by atoms with Gasteiger partial charge in [0.2, 0.25) is 10.0 Å². The van der Waals surface area contributed by atoms with E-state index < -0.39 is 10.0 Å². The van der Waals surface area contributed by atoms with Crippen LogP contribution in [0.1, 0.15) is 23.7 Å². The van der Waals surface area contributed by atoms with Crippen molar-refractivity contribution in [2.75, 3.05) is 6.54 Å². The first-order chi connectivity index (χ1) is 11.5. The minimum Gasteiger partial charge on any atom is -0.250 e. The summed E-state index contributed by atoms with van der Waals surface area (Å²) in [6.07, 6.45) is 2.27. The van der Waals surface area contributed by atoms with Crippen molar-refractivity contribution in [2.24, 2.45) is 7.05 Å². The standard InChI is InChI=1S/C17H18N4O2S/c1-12-15-10-14(11-18-17(15)20(2)19-12)24(22,23)21-9-8-16(21)13-6-4-3-5-7-13/h3-7,10-11,16H,8-9H2,1-2H3. The molecule has 0 aliphatic carbocycles. The molecule has 1 aliphatic rings. The van der Waals surface area contributed by atoms with Crippen LogP contribution in [-0.2, 0) is 17.1 Å². The zero-order valence-electron chi connectivity index (χ0n) is 13.5. The van der Waals surface area contributed by atoms with E-state index >= 15 is 0 Å². The van der Waals surface area contributed by atoms with E-state index in [9.17, 15) is 8.42 Å². The van der Waals surface area contributed by atoms with Crippen LogP contribution in [0.15, 0.2) is 47.5 Å². The lowest BCUT2D eigenvalue weighted by molar-refractivity contribution is 0.202. The zero-order chi connectivity index (χ0) is 16.9. The summed E-state index contributed by atoms with van der Waals surface area (Å²) in [5, 5.41) is 5.07. The van der Waals surface area contributed by atoms with Gasteiger partial charge in [0.1, 0.15) is 4.90 Å². The van der Waals surface area contributed by atoms with Crippen molar-refractivity contribution in [3.05, 3.63) is 53.9 Å². The summed E-state index contributed by atoms with van der Waals surface area (Å²) in [6, 6.07) is 11.3. The largest absolute Gasteiger partial charge is 0.250 e. The smallest absolute Gasteiger partial charge is 0.245 e. The summed E-state index contributed by atoms with van der Waals surface area (Å²) in [4.78, 5) is 4.53. The highest BCUT2D eigenvalue weighted by Gasteiger charge is 2.39. The number of hydrogen-bond donors (Lipinski definition) is 0. The van der Waals surface area contributed by atoms with E-state index in [1.807, 2.05) is 37.3 Å². The van der Waals surface area contributed by atoms with Gasteiger partial charge in [0.05, 0.1) is 11.7 Å². The van der Waals surface area contributed by atoms with E-state index in [0.29, 0.717) is 12.2 Å². The van der Waals surface area contributed by atoms with Crippen LogP contribution in [0.2, 0.25) is 0 Å². The molecule has 1 unspecified atom stereocenters. The van der Waals surface area contributed by atoms with E-state index in [1.54, 1.807) is 22.1 Å². The number of nitrogens with zero attached hydrogens (tertiary/aromatic N) is 4. The second kappa shape index (κ2) is 5.39. The van der Waals surface area contributed by atoms with Gasteiger partial charge in [0.25, 0.3) is 0 Å². The molecule has 0 saturated carbocycles. The highest BCUT2D eigenvalue weighted by molar-refractivity contribution is 7.89. The van der Waals surface area contributed by atoms with Crippen LogP contribution in [0.25, 0.3) is 11.0 Å². The van der Waals surface area contributed by atoms with Gasteiger partial charge >= 0.3 is 0 Å². The second-order valence-electron chi connectivity index (χ2n) is 6.08. The molecule has 0 radical (unpaired) electrons. The topological polar surface area (TPSA) is 68.1 Å². The van der Waals surface area contributed by atoms with Gasteiger partial charge in [-0.1, -0.05) is 30.3 Å². The lowest BCUT2D eigenvalue weighted by Crippen LogP contribution is -2.44. The van der Waals surface area contributed by atoms with Crippen LogP contribution in [0.5, 0.6) is 0 Å². The van der Waals surface area contributed by atoms with Crippen molar-refractivity contribution in [1.29, 1.82) is 0 Å². The Morgan fingerprint density at radius 1 is 1.21 bits per heavy atom. The molecule has 7 heteroatoms. The number of benzene rings is 1. The predicted molar refractivity (Wildman–Crippen MR) is 90.9 cm³/mol. The Morgan fingerprint density at radius 2 is 1.96 bits per heavy atom. The fourth-order valence-electron chi connectivity index (χ4n) is 3.22. The molecule has 3 aromatic rings. The van der Waals surface area contributed by atoms with Crippen molar-refractivity contribution in [2.45, 2.75) is 24.3 Å². The Bertz CT molecular complexity index is 1010. The van der Waals surface area contributed by atoms with Gasteiger partial charge in [-0.3, -0.25) is 4.68 Å². The molecule has 1 saturated heterocycles. The third kappa shape index (κ3) is 2.23. The van der Waals surface area contributed by atoms with Crippen molar-refractivity contribution in [3.8, 4) is 0 Å². The molecular formula is C17H18N4O2S. The van der Waals surface area contributed by atoms with E-state index in [1.165, 1.54) is 6.20 Å². The number of fused-ring (bicyclic) bond motifs is 1. The number of sulfonamides is 1. The molecule has 124 valence electrons. The molecule has 1 aliphatic heterocycles. The third-order valence-corrected chi connectivity index (χ3v) is 6.47. The SMILES string of the molecule is Cc1nn(C)c2ncc(S(=O)(=O)N3CCC3c3ccccc3)cc12. The van der Waals surface area contributed by atoms with Crippen molar-refractivity contribution in [3.63, 3.8) is 0 Å². The summed E-state index contributed by atoms with van der Waals surface area (Å²) in [6.45, 7) is 2.39. The molecule has 24 heavy (non-hydrogen) atoms. The minimum absolute atomic E-state index is 0.0955. The zero-order valence-corrected chi connectivity index (χ0v) is 14.4. The lowest BCUT2D eigenvalue weighted by atomic mass is 9.98. The van der Waals surface area contributed by atoms with Crippen LogP contribution in [0.4, 0.5) is 0 Å². The van der Waals surface area contributed by atoms with Gasteiger partial charge in [0.15, 0.2) is 5.65 Å². The number of pyridine rings is 1. The third-order valence-electron chi connectivity index (χ3n) is 4.60. The summed E-state index contributed by atoms with van der Waals surface area (Å²) >= 11 is 0. The monoisotopic (exact) mass is 342 g/mol. The van der Waals surface area contributed by atoms with E-state index in [-0.39, 0.29) is 10.9 Å². The summed E-state index contributed by atoms with van der Waals surface area (Å²) in [5.74, 6) is 0. The Labute approximate surface area is 140 Å². The van der Waals surface area contributed by atoms with E-state index in [4.69, 9.17) is 0 Å². The summed E-state index contributed by atoms with van der Waals surface area (Å²) in [5.41, 5.74) is 2.49. The number of aryl methyl sites for hydroxylation is 2. The van der Waals surface area contributed by atoms with Gasteiger partial charge in [-0.25, -0.2) is 13.4 Å². The van der Waals surface area contributed by atoms with Crippen LogP contribution in [-0.4, -0.2) is 34.0 Å². The number of aromatic nitrogens is 3. The van der Waals surface area contributed by atoms with E-state index in [2.05, 4.69) is 10.1 Å². The minimum atomic E-state index is -3.56. The molecule has 1 aromatic carbocycles. The van der Waals surface area contributed by atoms with Gasteiger partial charge in [-0.15, -0.1) is 0 Å². The summed E-state index contributed by atoms with van der Waals surface area (Å²) < 4.78 is 29.3. The quantitative estimate of drug-likeness (QED) is 0.733. The molecule has 1 atom stereocenters. The first kappa shape index (κ1) is 15.3. The number of hydrogen-bond acceptors (Lipinski definition) is 4. The van der Waals surface area contributed by atoms with Gasteiger partial charge in [-0.05, 0) is 25.0 Å². The van der Waals surface area contributed by atoms with Crippen LogP contribution >= 0.6 is 0 Å². The second-order valence-corrected chi connectivity index (χ2v) is 7.97. The highest BCUT2D eigenvalue weighted by Crippen LogP contribution is 2.38. The molecule has 1 fully saturated rings. The molecule has 0 N–H and O–H groups in total. The van der Waals surface area contributed by atoms with Gasteiger partial charge < -0.3 is 0 Å². The lowest BCUT2D eigenvalue weighted by Gasteiger charge is -2.39. The van der Waals surface area contributed by atoms with Crippen LogP contribution < -0.4 is 0 Å². The van der Waals surface area contributed by atoms with Crippen molar-refractivity contribution in [1.82, 2.24) is 19.1 Å². The highest BCUT2D eigenvalue weighted by atomic mass is 32.2. The molecule has 4 rings (SSSR count). The molecule has 0 spiro atoms. The maximum absolute atomic E-state index is 13.0. The Morgan fingerprint density at radius 3 is 2.62 bits per heavy atom. The Kier molecular flexibility index (Phi) is 3.43. The maximum Gasteiger partial charge on any atom is 0.245 e. The molecule has 0 amide bonds. The summed E-state index contributed by atoms with van der Waals surface area (Å²) in [7, 11) is -1.76. The maximum atomic E-state index is 13.0. The van der Waals surface area contributed by atoms with Crippen molar-refractivity contribution < 1.29 is 8.42 Å². The van der Waals surface area contributed by atoms with Gasteiger partial charge in [0, 0.05) is 25.2 Å². The fraction of sp³-hybridized carbons (Fsp3) is 0.294.